The first-order valence-corrected chi connectivity index (χ1v) is 6.38. The second-order valence-electron chi connectivity index (χ2n) is 4.79. The number of nitrogens with one attached hydrogen (secondary N) is 1. The molecule has 1 amide bonds. The normalized spacial score (nSPS) is 16.2. The van der Waals surface area contributed by atoms with Gasteiger partial charge in [-0.1, -0.05) is 42.5 Å². The van der Waals surface area contributed by atoms with E-state index >= 15 is 0 Å². The van der Waals surface area contributed by atoms with Crippen LogP contribution in [-0.2, 0) is 9.59 Å². The van der Waals surface area contributed by atoms with Crippen molar-refractivity contribution >= 4 is 18.0 Å². The molecule has 0 aromatic heterocycles. The Morgan fingerprint density at radius 2 is 1.95 bits per heavy atom. The SMILES string of the molecule is O=C(CC/C=C/c1ccccc1)NC1(C(=O)O)CC1. The van der Waals surface area contributed by atoms with Gasteiger partial charge < -0.3 is 10.4 Å². The van der Waals surface area contributed by atoms with Crippen molar-refractivity contribution in [3.8, 4) is 0 Å². The van der Waals surface area contributed by atoms with Crippen molar-refractivity contribution < 1.29 is 14.7 Å². The van der Waals surface area contributed by atoms with Crippen LogP contribution < -0.4 is 5.32 Å². The zero-order valence-corrected chi connectivity index (χ0v) is 10.6. The topological polar surface area (TPSA) is 66.4 Å². The predicted molar refractivity (Wildman–Crippen MR) is 72.5 cm³/mol. The van der Waals surface area contributed by atoms with E-state index in [9.17, 15) is 9.59 Å². The summed E-state index contributed by atoms with van der Waals surface area (Å²) in [5.74, 6) is -1.13. The molecule has 4 heteroatoms. The monoisotopic (exact) mass is 259 g/mol. The van der Waals surface area contributed by atoms with Crippen LogP contribution in [0.2, 0.25) is 0 Å². The number of hydrogen-bond acceptors (Lipinski definition) is 2. The maximum Gasteiger partial charge on any atom is 0.329 e. The third kappa shape index (κ3) is 3.68. The minimum absolute atomic E-state index is 0.197. The van der Waals surface area contributed by atoms with Crippen LogP contribution in [0.4, 0.5) is 0 Å². The highest BCUT2D eigenvalue weighted by atomic mass is 16.4. The Morgan fingerprint density at radius 3 is 2.53 bits per heavy atom. The van der Waals surface area contributed by atoms with E-state index in [2.05, 4.69) is 5.32 Å². The van der Waals surface area contributed by atoms with E-state index in [4.69, 9.17) is 5.11 Å². The summed E-state index contributed by atoms with van der Waals surface area (Å²) in [4.78, 5) is 22.5. The second-order valence-corrected chi connectivity index (χ2v) is 4.79. The molecule has 1 aromatic rings. The standard InChI is InChI=1S/C15H17NO3/c17-13(16-15(10-11-15)14(18)19)9-5-4-8-12-6-2-1-3-7-12/h1-4,6-8H,5,9-11H2,(H,16,17)(H,18,19)/b8-4+. The van der Waals surface area contributed by atoms with Gasteiger partial charge in [-0.05, 0) is 24.8 Å². The lowest BCUT2D eigenvalue weighted by Crippen LogP contribution is -2.42. The summed E-state index contributed by atoms with van der Waals surface area (Å²) < 4.78 is 0. The van der Waals surface area contributed by atoms with Crippen molar-refractivity contribution in [1.82, 2.24) is 5.32 Å². The Morgan fingerprint density at radius 1 is 1.26 bits per heavy atom. The van der Waals surface area contributed by atoms with E-state index in [0.717, 1.165) is 5.56 Å². The zero-order valence-electron chi connectivity index (χ0n) is 10.6. The molecule has 0 aliphatic heterocycles. The molecule has 2 rings (SSSR count). The third-order valence-corrected chi connectivity index (χ3v) is 3.19. The van der Waals surface area contributed by atoms with Crippen LogP contribution in [0.1, 0.15) is 31.2 Å². The van der Waals surface area contributed by atoms with Crippen molar-refractivity contribution in [3.05, 3.63) is 42.0 Å². The van der Waals surface area contributed by atoms with E-state index in [1.165, 1.54) is 0 Å². The number of allylic oxidation sites excluding steroid dienone is 1. The van der Waals surface area contributed by atoms with Crippen LogP contribution in [0.25, 0.3) is 6.08 Å². The van der Waals surface area contributed by atoms with Crippen molar-refractivity contribution in [2.45, 2.75) is 31.2 Å². The molecule has 0 spiro atoms. The number of aliphatic carboxylic acids is 1. The first-order valence-electron chi connectivity index (χ1n) is 6.38. The number of hydrogen-bond donors (Lipinski definition) is 2. The molecule has 19 heavy (non-hydrogen) atoms. The molecule has 100 valence electrons. The fourth-order valence-electron chi connectivity index (χ4n) is 1.84. The van der Waals surface area contributed by atoms with Crippen molar-refractivity contribution in [2.24, 2.45) is 0 Å². The number of carbonyl (C=O) groups is 2. The highest BCUT2D eigenvalue weighted by molar-refractivity contribution is 5.89. The number of amides is 1. The van der Waals surface area contributed by atoms with Crippen molar-refractivity contribution in [3.63, 3.8) is 0 Å². The number of carbonyl (C=O) groups excluding carboxylic acids is 1. The molecule has 1 aliphatic rings. The molecule has 1 fully saturated rings. The summed E-state index contributed by atoms with van der Waals surface area (Å²) in [5, 5.41) is 11.5. The Hall–Kier alpha value is -2.10. The summed E-state index contributed by atoms with van der Waals surface area (Å²) >= 11 is 0. The van der Waals surface area contributed by atoms with Crippen LogP contribution in [0, 0.1) is 0 Å². The molecule has 1 saturated carbocycles. The fraction of sp³-hybridized carbons (Fsp3) is 0.333. The number of benzene rings is 1. The Labute approximate surface area is 112 Å². The molecule has 0 saturated heterocycles. The largest absolute Gasteiger partial charge is 0.480 e. The van der Waals surface area contributed by atoms with E-state index in [1.807, 2.05) is 42.5 Å². The van der Waals surface area contributed by atoms with Gasteiger partial charge >= 0.3 is 5.97 Å². The lowest BCUT2D eigenvalue weighted by molar-refractivity contribution is -0.143. The number of carboxylic acids is 1. The molecule has 4 nitrogen and oxygen atoms in total. The molecular weight excluding hydrogens is 242 g/mol. The van der Waals surface area contributed by atoms with E-state index < -0.39 is 11.5 Å². The van der Waals surface area contributed by atoms with E-state index in [-0.39, 0.29) is 5.91 Å². The quantitative estimate of drug-likeness (QED) is 0.823. The van der Waals surface area contributed by atoms with Gasteiger partial charge in [0.05, 0.1) is 0 Å². The summed E-state index contributed by atoms with van der Waals surface area (Å²) in [6.45, 7) is 0. The maximum atomic E-state index is 11.6. The van der Waals surface area contributed by atoms with Gasteiger partial charge in [-0.3, -0.25) is 4.79 Å². The highest BCUT2D eigenvalue weighted by Gasteiger charge is 2.51. The van der Waals surface area contributed by atoms with Crippen LogP contribution in [0.15, 0.2) is 36.4 Å². The smallest absolute Gasteiger partial charge is 0.329 e. The molecule has 0 radical (unpaired) electrons. The lowest BCUT2D eigenvalue weighted by Gasteiger charge is -2.11. The molecule has 0 atom stereocenters. The van der Waals surface area contributed by atoms with E-state index in [0.29, 0.717) is 25.7 Å². The summed E-state index contributed by atoms with van der Waals surface area (Å²) in [5.41, 5.74) is 0.118. The zero-order chi connectivity index (χ0) is 13.7. The van der Waals surface area contributed by atoms with Gasteiger partial charge in [-0.25, -0.2) is 4.79 Å². The molecule has 0 unspecified atom stereocenters. The van der Waals surface area contributed by atoms with E-state index in [1.54, 1.807) is 0 Å². The van der Waals surface area contributed by atoms with Crippen LogP contribution >= 0.6 is 0 Å². The minimum Gasteiger partial charge on any atom is -0.480 e. The average Bonchev–Trinajstić information content (AvgIpc) is 3.17. The third-order valence-electron chi connectivity index (χ3n) is 3.19. The summed E-state index contributed by atoms with van der Waals surface area (Å²) in [6, 6.07) is 9.83. The molecule has 0 bridgehead atoms. The fourth-order valence-corrected chi connectivity index (χ4v) is 1.84. The van der Waals surface area contributed by atoms with Gasteiger partial charge in [0.15, 0.2) is 0 Å². The molecular formula is C15H17NO3. The van der Waals surface area contributed by atoms with Crippen molar-refractivity contribution in [1.29, 1.82) is 0 Å². The lowest BCUT2D eigenvalue weighted by atomic mass is 10.2. The Balaban J connectivity index is 1.73. The van der Waals surface area contributed by atoms with Gasteiger partial charge in [0.25, 0.3) is 0 Å². The van der Waals surface area contributed by atoms with Gasteiger partial charge in [0.1, 0.15) is 5.54 Å². The van der Waals surface area contributed by atoms with Crippen LogP contribution in [-0.4, -0.2) is 22.5 Å². The van der Waals surface area contributed by atoms with Gasteiger partial charge in [0.2, 0.25) is 5.91 Å². The summed E-state index contributed by atoms with van der Waals surface area (Å²) in [6.07, 6.45) is 5.88. The van der Waals surface area contributed by atoms with Crippen LogP contribution in [0.3, 0.4) is 0 Å². The average molecular weight is 259 g/mol. The van der Waals surface area contributed by atoms with Crippen molar-refractivity contribution in [2.75, 3.05) is 0 Å². The molecule has 1 aliphatic carbocycles. The Kier molecular flexibility index (Phi) is 4.00. The molecule has 1 aromatic carbocycles. The van der Waals surface area contributed by atoms with Gasteiger partial charge in [-0.2, -0.15) is 0 Å². The molecule has 0 heterocycles. The predicted octanol–water partition coefficient (Wildman–Crippen LogP) is 2.21. The first-order chi connectivity index (χ1) is 9.12. The first kappa shape index (κ1) is 13.3. The maximum absolute atomic E-state index is 11.6. The molecule has 2 N–H and O–H groups in total. The second kappa shape index (κ2) is 5.69. The number of rotatable bonds is 6. The van der Waals surface area contributed by atoms with Gasteiger partial charge in [0, 0.05) is 6.42 Å². The Bertz CT molecular complexity index is 489. The van der Waals surface area contributed by atoms with Crippen LogP contribution in [0.5, 0.6) is 0 Å². The highest BCUT2D eigenvalue weighted by Crippen LogP contribution is 2.35. The van der Waals surface area contributed by atoms with Gasteiger partial charge in [-0.15, -0.1) is 0 Å². The minimum atomic E-state index is -0.972. The number of carboxylic acid groups (broad SMARTS) is 1. The summed E-state index contributed by atoms with van der Waals surface area (Å²) in [7, 11) is 0.